The van der Waals surface area contributed by atoms with Crippen molar-refractivity contribution in [1.29, 1.82) is 0 Å². The summed E-state index contributed by atoms with van der Waals surface area (Å²) in [6, 6.07) is 6.93. The van der Waals surface area contributed by atoms with Crippen molar-refractivity contribution in [3.63, 3.8) is 0 Å². The van der Waals surface area contributed by atoms with Crippen LogP contribution in [0.3, 0.4) is 0 Å². The van der Waals surface area contributed by atoms with Gasteiger partial charge in [0.05, 0.1) is 17.1 Å². The highest BCUT2D eigenvalue weighted by molar-refractivity contribution is 7.90. The van der Waals surface area contributed by atoms with Crippen molar-refractivity contribution in [3.05, 3.63) is 29.8 Å². The van der Waals surface area contributed by atoms with Gasteiger partial charge in [0.25, 0.3) is 0 Å². The van der Waals surface area contributed by atoms with Gasteiger partial charge in [0.2, 0.25) is 0 Å². The largest absolute Gasteiger partial charge is 0.393 e. The molecule has 1 aromatic rings. The molecule has 21 heavy (non-hydrogen) atoms. The Kier molecular flexibility index (Phi) is 5.03. The first-order chi connectivity index (χ1) is 9.82. The van der Waals surface area contributed by atoms with Gasteiger partial charge in [-0.3, -0.25) is 4.90 Å². The fraction of sp³-hybridized carbons (Fsp3) is 0.600. The minimum Gasteiger partial charge on any atom is -0.393 e. The summed E-state index contributed by atoms with van der Waals surface area (Å²) in [7, 11) is -3.15. The van der Waals surface area contributed by atoms with Crippen molar-refractivity contribution in [2.24, 2.45) is 0 Å². The van der Waals surface area contributed by atoms with E-state index in [0.29, 0.717) is 17.7 Å². The molecule has 0 spiro atoms. The molecule has 1 atom stereocenters. The number of likely N-dealkylation sites (tertiary alicyclic amines) is 1. The molecule has 1 aromatic carbocycles. The normalized spacial score (nSPS) is 24.7. The molecule has 0 saturated carbocycles. The summed E-state index contributed by atoms with van der Waals surface area (Å²) in [5, 5.41) is 19.4. The average molecular weight is 313 g/mol. The number of benzene rings is 1. The van der Waals surface area contributed by atoms with Gasteiger partial charge >= 0.3 is 0 Å². The first-order valence-electron chi connectivity index (χ1n) is 7.17. The van der Waals surface area contributed by atoms with E-state index in [1.807, 2.05) is 12.1 Å². The maximum atomic E-state index is 11.4. The third-order valence-corrected chi connectivity index (χ3v) is 5.19. The average Bonchev–Trinajstić information content (AvgIpc) is 2.62. The van der Waals surface area contributed by atoms with Gasteiger partial charge < -0.3 is 10.2 Å². The van der Waals surface area contributed by atoms with Crippen LogP contribution in [0.5, 0.6) is 0 Å². The lowest BCUT2D eigenvalue weighted by Gasteiger charge is -2.24. The quantitative estimate of drug-likeness (QED) is 0.860. The topological polar surface area (TPSA) is 77.8 Å². The fourth-order valence-corrected chi connectivity index (χ4v) is 3.28. The second kappa shape index (κ2) is 6.44. The highest BCUT2D eigenvalue weighted by atomic mass is 32.2. The molecule has 0 radical (unpaired) electrons. The van der Waals surface area contributed by atoms with Gasteiger partial charge in [-0.2, -0.15) is 0 Å². The Labute approximate surface area is 126 Å². The highest BCUT2D eigenvalue weighted by Gasteiger charge is 2.29. The molecule has 2 rings (SSSR count). The third-order valence-electron chi connectivity index (χ3n) is 4.06. The molecule has 1 fully saturated rings. The number of sulfone groups is 1. The molecule has 0 bridgehead atoms. The Morgan fingerprint density at radius 3 is 2.43 bits per heavy atom. The lowest BCUT2D eigenvalue weighted by molar-refractivity contribution is -0.0255. The minimum absolute atomic E-state index is 0.191. The van der Waals surface area contributed by atoms with E-state index in [2.05, 4.69) is 4.90 Å². The van der Waals surface area contributed by atoms with Crippen LogP contribution in [0.25, 0.3) is 0 Å². The van der Waals surface area contributed by atoms with Crippen molar-refractivity contribution < 1.29 is 18.6 Å². The summed E-state index contributed by atoms with van der Waals surface area (Å²) < 4.78 is 22.8. The van der Waals surface area contributed by atoms with Crippen molar-refractivity contribution in [1.82, 2.24) is 4.90 Å². The second-order valence-corrected chi connectivity index (χ2v) is 7.94. The molecule has 0 amide bonds. The number of aliphatic hydroxyl groups excluding tert-OH is 1. The Hall–Kier alpha value is -0.950. The van der Waals surface area contributed by atoms with Crippen molar-refractivity contribution >= 4 is 9.84 Å². The van der Waals surface area contributed by atoms with Crippen LogP contribution in [0.15, 0.2) is 29.2 Å². The fourth-order valence-electron chi connectivity index (χ4n) is 2.65. The first-order valence-corrected chi connectivity index (χ1v) is 9.06. The summed E-state index contributed by atoms with van der Waals surface area (Å²) >= 11 is 0. The van der Waals surface area contributed by atoms with E-state index in [1.165, 1.54) is 6.26 Å². The van der Waals surface area contributed by atoms with Gasteiger partial charge in [0, 0.05) is 19.3 Å². The van der Waals surface area contributed by atoms with E-state index in [9.17, 15) is 18.6 Å². The molecule has 2 N–H and O–H groups in total. The summed E-state index contributed by atoms with van der Waals surface area (Å²) in [6.45, 7) is 2.14. The van der Waals surface area contributed by atoms with E-state index >= 15 is 0 Å². The zero-order valence-electron chi connectivity index (χ0n) is 12.3. The summed E-state index contributed by atoms with van der Waals surface area (Å²) in [4.78, 5) is 2.56. The van der Waals surface area contributed by atoms with Crippen LogP contribution < -0.4 is 0 Å². The smallest absolute Gasteiger partial charge is 0.175 e. The molecule has 5 nitrogen and oxygen atoms in total. The molecule has 1 saturated heterocycles. The van der Waals surface area contributed by atoms with Gasteiger partial charge in [-0.1, -0.05) is 12.1 Å². The SMILES string of the molecule is CS(=O)(=O)c1ccc(CN2CCC[C@](O)(CO)CC2)cc1. The van der Waals surface area contributed by atoms with Crippen molar-refractivity contribution in [2.75, 3.05) is 26.0 Å². The molecule has 0 aliphatic carbocycles. The summed E-state index contributed by atoms with van der Waals surface area (Å²) in [6.07, 6.45) is 3.23. The summed E-state index contributed by atoms with van der Waals surface area (Å²) in [5.74, 6) is 0. The van der Waals surface area contributed by atoms with Gasteiger partial charge in [-0.25, -0.2) is 8.42 Å². The Morgan fingerprint density at radius 1 is 1.19 bits per heavy atom. The molecule has 0 aromatic heterocycles. The maximum absolute atomic E-state index is 11.4. The van der Waals surface area contributed by atoms with Gasteiger partial charge in [0.15, 0.2) is 9.84 Å². The Balaban J connectivity index is 1.99. The maximum Gasteiger partial charge on any atom is 0.175 e. The number of rotatable bonds is 4. The molecule has 1 aliphatic heterocycles. The van der Waals surface area contributed by atoms with Gasteiger partial charge in [-0.05, 0) is 43.5 Å². The van der Waals surface area contributed by atoms with Crippen LogP contribution in [0.1, 0.15) is 24.8 Å². The number of aliphatic hydroxyl groups is 2. The van der Waals surface area contributed by atoms with Crippen molar-refractivity contribution in [2.45, 2.75) is 36.3 Å². The highest BCUT2D eigenvalue weighted by Crippen LogP contribution is 2.23. The zero-order chi connectivity index (χ0) is 15.5. The standard InChI is InChI=1S/C15H23NO4S/c1-21(19,20)14-5-3-13(4-6-14)11-16-9-2-7-15(18,12-17)8-10-16/h3-6,17-18H,2,7-12H2,1H3/t15-/m1/s1. The lowest BCUT2D eigenvalue weighted by Crippen LogP contribution is -2.34. The molecule has 0 unspecified atom stereocenters. The van der Waals surface area contributed by atoms with E-state index in [4.69, 9.17) is 0 Å². The van der Waals surface area contributed by atoms with Crippen LogP contribution >= 0.6 is 0 Å². The lowest BCUT2D eigenvalue weighted by atomic mass is 9.96. The second-order valence-electron chi connectivity index (χ2n) is 5.93. The van der Waals surface area contributed by atoms with E-state index < -0.39 is 15.4 Å². The molecule has 1 heterocycles. The van der Waals surface area contributed by atoms with Crippen LogP contribution in [0.2, 0.25) is 0 Å². The van der Waals surface area contributed by atoms with Gasteiger partial charge in [0.1, 0.15) is 0 Å². The predicted octanol–water partition coefficient (Wildman–Crippen LogP) is 0.799. The molecule has 1 aliphatic rings. The zero-order valence-corrected chi connectivity index (χ0v) is 13.1. The van der Waals surface area contributed by atoms with E-state index in [-0.39, 0.29) is 6.61 Å². The minimum atomic E-state index is -3.15. The van der Waals surface area contributed by atoms with Crippen LogP contribution in [0, 0.1) is 0 Å². The van der Waals surface area contributed by atoms with Crippen LogP contribution in [-0.2, 0) is 16.4 Å². The van der Waals surface area contributed by atoms with Crippen LogP contribution in [-0.4, -0.2) is 55.1 Å². The van der Waals surface area contributed by atoms with E-state index in [0.717, 1.165) is 31.6 Å². The van der Waals surface area contributed by atoms with Crippen LogP contribution in [0.4, 0.5) is 0 Å². The first kappa shape index (κ1) is 16.4. The number of hydrogen-bond donors (Lipinski definition) is 2. The predicted molar refractivity (Wildman–Crippen MR) is 80.7 cm³/mol. The Bertz CT molecular complexity index is 570. The third kappa shape index (κ3) is 4.51. The molecular formula is C15H23NO4S. The molecule has 6 heteroatoms. The molecule has 118 valence electrons. The number of hydrogen-bond acceptors (Lipinski definition) is 5. The van der Waals surface area contributed by atoms with Gasteiger partial charge in [-0.15, -0.1) is 0 Å². The Morgan fingerprint density at radius 2 is 1.86 bits per heavy atom. The number of nitrogens with zero attached hydrogens (tertiary/aromatic N) is 1. The molecular weight excluding hydrogens is 290 g/mol. The van der Waals surface area contributed by atoms with Crippen molar-refractivity contribution in [3.8, 4) is 0 Å². The monoisotopic (exact) mass is 313 g/mol. The summed E-state index contributed by atoms with van der Waals surface area (Å²) in [5.41, 5.74) is 0.103. The van der Waals surface area contributed by atoms with E-state index in [1.54, 1.807) is 12.1 Å².